The second-order valence-corrected chi connectivity index (χ2v) is 11.4. The molecule has 11 heteroatoms. The molecule has 2 aromatic heterocycles. The number of nitrogens with zero attached hydrogens (tertiary/aromatic N) is 5. The van der Waals surface area contributed by atoms with Crippen molar-refractivity contribution in [1.82, 2.24) is 24.6 Å². The van der Waals surface area contributed by atoms with Crippen LogP contribution in [0.15, 0.2) is 53.7 Å². The Labute approximate surface area is 221 Å². The summed E-state index contributed by atoms with van der Waals surface area (Å²) in [5.41, 5.74) is 3.21. The van der Waals surface area contributed by atoms with Gasteiger partial charge in [-0.25, -0.2) is 23.1 Å². The molecule has 1 amide bonds. The van der Waals surface area contributed by atoms with E-state index in [9.17, 15) is 13.2 Å². The van der Waals surface area contributed by atoms with E-state index in [0.29, 0.717) is 36.1 Å². The zero-order chi connectivity index (χ0) is 27.0. The second kappa shape index (κ2) is 10.1. The topological polar surface area (TPSA) is 117 Å². The quantitative estimate of drug-likeness (QED) is 0.368. The Kier molecular flexibility index (Phi) is 6.78. The van der Waals surface area contributed by atoms with Crippen molar-refractivity contribution < 1.29 is 22.7 Å². The van der Waals surface area contributed by atoms with E-state index >= 15 is 0 Å². The van der Waals surface area contributed by atoms with Gasteiger partial charge in [-0.15, -0.1) is 0 Å². The van der Waals surface area contributed by atoms with Crippen LogP contribution in [0.4, 0.5) is 0 Å². The monoisotopic (exact) mass is 535 g/mol. The fourth-order valence-electron chi connectivity index (χ4n) is 4.82. The number of carbonyl (C=O) groups excluding carboxylic acids is 1. The number of likely N-dealkylation sites (tertiary alicyclic amines) is 1. The van der Waals surface area contributed by atoms with Crippen LogP contribution in [0.3, 0.4) is 0 Å². The van der Waals surface area contributed by atoms with E-state index in [1.54, 1.807) is 56.3 Å². The number of ether oxygens (including phenoxy) is 2. The van der Waals surface area contributed by atoms with E-state index in [4.69, 9.17) is 19.4 Å². The molecule has 10 nitrogen and oxygen atoms in total. The molecule has 1 aliphatic heterocycles. The molecule has 1 fully saturated rings. The maximum atomic E-state index is 11.9. The summed E-state index contributed by atoms with van der Waals surface area (Å²) in [6.07, 6.45) is 6.28. The SMILES string of the molecule is COc1cc2nc(-n3cc(-c4ccc(S(C)(=O)=O)cc4)cn3)nc(C3CCN(C(C)=O)CC3)c2cc1OC. The van der Waals surface area contributed by atoms with Crippen LogP contribution in [0.5, 0.6) is 11.5 Å². The lowest BCUT2D eigenvalue weighted by molar-refractivity contribution is -0.129. The van der Waals surface area contributed by atoms with Crippen molar-refractivity contribution in [3.05, 3.63) is 54.5 Å². The molecule has 1 aliphatic rings. The third-order valence-electron chi connectivity index (χ3n) is 6.95. The first-order valence-electron chi connectivity index (χ1n) is 12.2. The summed E-state index contributed by atoms with van der Waals surface area (Å²) in [5.74, 6) is 1.78. The number of aromatic nitrogens is 4. The molecule has 0 bridgehead atoms. The van der Waals surface area contributed by atoms with Gasteiger partial charge in [0, 0.05) is 55.4 Å². The Morgan fingerprint density at radius 1 is 0.974 bits per heavy atom. The largest absolute Gasteiger partial charge is 0.493 e. The van der Waals surface area contributed by atoms with Gasteiger partial charge in [-0.05, 0) is 36.6 Å². The number of benzene rings is 2. The van der Waals surface area contributed by atoms with Gasteiger partial charge in [0.05, 0.1) is 36.5 Å². The van der Waals surface area contributed by atoms with Crippen molar-refractivity contribution in [2.45, 2.75) is 30.6 Å². The number of fused-ring (bicyclic) bond motifs is 1. The van der Waals surface area contributed by atoms with Crippen LogP contribution in [0.2, 0.25) is 0 Å². The lowest BCUT2D eigenvalue weighted by Gasteiger charge is -2.31. The lowest BCUT2D eigenvalue weighted by Crippen LogP contribution is -2.36. The van der Waals surface area contributed by atoms with Crippen LogP contribution < -0.4 is 9.47 Å². The molecule has 0 radical (unpaired) electrons. The normalized spacial score (nSPS) is 14.6. The molecule has 5 rings (SSSR count). The van der Waals surface area contributed by atoms with E-state index in [0.717, 1.165) is 35.0 Å². The number of carbonyl (C=O) groups is 1. The Morgan fingerprint density at radius 2 is 1.63 bits per heavy atom. The summed E-state index contributed by atoms with van der Waals surface area (Å²) >= 11 is 0. The van der Waals surface area contributed by atoms with Gasteiger partial charge in [-0.3, -0.25) is 4.79 Å². The highest BCUT2D eigenvalue weighted by Crippen LogP contribution is 2.37. The first-order valence-corrected chi connectivity index (χ1v) is 14.1. The molecule has 0 N–H and O–H groups in total. The number of methoxy groups -OCH3 is 2. The van der Waals surface area contributed by atoms with Gasteiger partial charge in [-0.1, -0.05) is 12.1 Å². The fraction of sp³-hybridized carbons (Fsp3) is 0.333. The van der Waals surface area contributed by atoms with Gasteiger partial charge in [0.25, 0.3) is 5.95 Å². The van der Waals surface area contributed by atoms with Crippen molar-refractivity contribution in [3.63, 3.8) is 0 Å². The van der Waals surface area contributed by atoms with Gasteiger partial charge in [0.2, 0.25) is 5.91 Å². The molecule has 2 aromatic carbocycles. The van der Waals surface area contributed by atoms with Crippen molar-refractivity contribution in [2.75, 3.05) is 33.6 Å². The average Bonchev–Trinajstić information content (AvgIpc) is 3.42. The molecule has 198 valence electrons. The molecular weight excluding hydrogens is 506 g/mol. The smallest absolute Gasteiger partial charge is 0.251 e. The summed E-state index contributed by atoms with van der Waals surface area (Å²) in [7, 11) is -0.0995. The molecule has 3 heterocycles. The summed E-state index contributed by atoms with van der Waals surface area (Å²) in [6, 6.07) is 10.4. The number of rotatable bonds is 6. The second-order valence-electron chi connectivity index (χ2n) is 9.38. The minimum atomic E-state index is -3.28. The molecule has 0 unspecified atom stereocenters. The molecule has 0 atom stereocenters. The molecule has 1 saturated heterocycles. The van der Waals surface area contributed by atoms with E-state index in [1.165, 1.54) is 6.26 Å². The zero-order valence-corrected chi connectivity index (χ0v) is 22.5. The summed E-state index contributed by atoms with van der Waals surface area (Å²) in [5, 5.41) is 5.37. The first kappa shape index (κ1) is 25.7. The highest BCUT2D eigenvalue weighted by atomic mass is 32.2. The molecule has 0 spiro atoms. The molecule has 0 saturated carbocycles. The van der Waals surface area contributed by atoms with E-state index in [1.807, 2.05) is 23.2 Å². The number of hydrogen-bond acceptors (Lipinski definition) is 8. The zero-order valence-electron chi connectivity index (χ0n) is 21.7. The standard InChI is InChI=1S/C27H29N5O5S/c1-17(33)31-11-9-19(10-12-31)26-22-13-24(36-2)25(37-3)14-23(22)29-27(30-26)32-16-20(15-28-32)18-5-7-21(8-6-18)38(4,34)35/h5-8,13-16,19H,9-12H2,1-4H3. The predicted octanol–water partition coefficient (Wildman–Crippen LogP) is 3.63. The van der Waals surface area contributed by atoms with Crippen LogP contribution >= 0.6 is 0 Å². The Morgan fingerprint density at radius 3 is 2.24 bits per heavy atom. The van der Waals surface area contributed by atoms with Gasteiger partial charge in [0.1, 0.15) is 0 Å². The highest BCUT2D eigenvalue weighted by molar-refractivity contribution is 7.90. The summed E-state index contributed by atoms with van der Waals surface area (Å²) in [6.45, 7) is 2.94. The van der Waals surface area contributed by atoms with Crippen molar-refractivity contribution in [3.8, 4) is 28.6 Å². The van der Waals surface area contributed by atoms with Gasteiger partial charge in [-0.2, -0.15) is 5.10 Å². The van der Waals surface area contributed by atoms with Crippen molar-refractivity contribution in [2.24, 2.45) is 0 Å². The van der Waals surface area contributed by atoms with E-state index in [2.05, 4.69) is 5.10 Å². The highest BCUT2D eigenvalue weighted by Gasteiger charge is 2.26. The Hall–Kier alpha value is -3.99. The first-order chi connectivity index (χ1) is 18.2. The van der Waals surface area contributed by atoms with Crippen molar-refractivity contribution in [1.29, 1.82) is 0 Å². The van der Waals surface area contributed by atoms with Gasteiger partial charge >= 0.3 is 0 Å². The van der Waals surface area contributed by atoms with Crippen LogP contribution in [-0.4, -0.2) is 72.5 Å². The third kappa shape index (κ3) is 4.93. The van der Waals surface area contributed by atoms with Crippen LogP contribution in [0.25, 0.3) is 28.0 Å². The fourth-order valence-corrected chi connectivity index (χ4v) is 5.45. The predicted molar refractivity (Wildman–Crippen MR) is 143 cm³/mol. The minimum absolute atomic E-state index is 0.0803. The van der Waals surface area contributed by atoms with Crippen LogP contribution in [-0.2, 0) is 14.6 Å². The third-order valence-corrected chi connectivity index (χ3v) is 8.08. The Bertz CT molecular complexity index is 1610. The van der Waals surface area contributed by atoms with E-state index < -0.39 is 9.84 Å². The number of sulfone groups is 1. The van der Waals surface area contributed by atoms with Crippen LogP contribution in [0.1, 0.15) is 31.4 Å². The number of piperidine rings is 1. The lowest BCUT2D eigenvalue weighted by atomic mass is 9.91. The Balaban J connectivity index is 1.57. The number of hydrogen-bond donors (Lipinski definition) is 0. The van der Waals surface area contributed by atoms with Crippen molar-refractivity contribution >= 4 is 26.6 Å². The van der Waals surface area contributed by atoms with Crippen LogP contribution in [0, 0.1) is 0 Å². The summed E-state index contributed by atoms with van der Waals surface area (Å²) < 4.78 is 36.3. The van der Waals surface area contributed by atoms with E-state index in [-0.39, 0.29) is 16.7 Å². The molecular formula is C27H29N5O5S. The summed E-state index contributed by atoms with van der Waals surface area (Å²) in [4.78, 5) is 23.7. The average molecular weight is 536 g/mol. The maximum absolute atomic E-state index is 11.9. The number of amides is 1. The molecule has 4 aromatic rings. The minimum Gasteiger partial charge on any atom is -0.493 e. The molecule has 0 aliphatic carbocycles. The van der Waals surface area contributed by atoms with Gasteiger partial charge < -0.3 is 14.4 Å². The maximum Gasteiger partial charge on any atom is 0.251 e. The van der Waals surface area contributed by atoms with Gasteiger partial charge in [0.15, 0.2) is 21.3 Å². The molecule has 38 heavy (non-hydrogen) atoms.